The van der Waals surface area contributed by atoms with Gasteiger partial charge in [-0.1, -0.05) is 49.7 Å². The molecule has 4 rings (SSSR count). The second-order valence-electron chi connectivity index (χ2n) is 7.29. The monoisotopic (exact) mass is 379 g/mol. The van der Waals surface area contributed by atoms with E-state index >= 15 is 0 Å². The SMILES string of the molecule is CC(C)c1ccc(C(=O)N2CCc3[nH]nc(-c4cccc(Cl)c4)c3C2)cc1. The minimum Gasteiger partial charge on any atom is -0.334 e. The van der Waals surface area contributed by atoms with Crippen molar-refractivity contribution < 1.29 is 4.79 Å². The molecule has 0 atom stereocenters. The number of hydrogen-bond acceptors (Lipinski definition) is 2. The van der Waals surface area contributed by atoms with Crippen molar-refractivity contribution in [3.8, 4) is 11.3 Å². The van der Waals surface area contributed by atoms with Crippen molar-refractivity contribution in [3.05, 3.63) is 75.9 Å². The first-order chi connectivity index (χ1) is 13.0. The highest BCUT2D eigenvalue weighted by Gasteiger charge is 2.26. The smallest absolute Gasteiger partial charge is 0.254 e. The molecule has 1 N–H and O–H groups in total. The van der Waals surface area contributed by atoms with Crippen LogP contribution in [0.2, 0.25) is 5.02 Å². The maximum Gasteiger partial charge on any atom is 0.254 e. The Labute approximate surface area is 164 Å². The molecule has 0 unspecified atom stereocenters. The van der Waals surface area contributed by atoms with Crippen molar-refractivity contribution in [3.63, 3.8) is 0 Å². The number of amides is 1. The molecule has 3 aromatic rings. The molecule has 27 heavy (non-hydrogen) atoms. The minimum atomic E-state index is 0.0641. The molecular weight excluding hydrogens is 358 g/mol. The largest absolute Gasteiger partial charge is 0.334 e. The topological polar surface area (TPSA) is 49.0 Å². The van der Waals surface area contributed by atoms with Gasteiger partial charge >= 0.3 is 0 Å². The van der Waals surface area contributed by atoms with Crippen molar-refractivity contribution >= 4 is 17.5 Å². The fraction of sp³-hybridized carbons (Fsp3) is 0.273. The lowest BCUT2D eigenvalue weighted by atomic mass is 9.99. The third-order valence-corrected chi connectivity index (χ3v) is 5.38. The number of nitrogens with one attached hydrogen (secondary N) is 1. The Kier molecular flexibility index (Phi) is 4.75. The zero-order valence-electron chi connectivity index (χ0n) is 15.5. The number of carbonyl (C=O) groups excluding carboxylic acids is 1. The summed E-state index contributed by atoms with van der Waals surface area (Å²) in [6.45, 7) is 5.55. The summed E-state index contributed by atoms with van der Waals surface area (Å²) in [4.78, 5) is 14.9. The number of carbonyl (C=O) groups is 1. The molecule has 1 aliphatic rings. The Morgan fingerprint density at radius 3 is 2.67 bits per heavy atom. The van der Waals surface area contributed by atoms with Crippen LogP contribution in [-0.2, 0) is 13.0 Å². The first-order valence-electron chi connectivity index (χ1n) is 9.24. The second kappa shape index (κ2) is 7.20. The molecule has 1 aromatic heterocycles. The van der Waals surface area contributed by atoms with Gasteiger partial charge in [-0.15, -0.1) is 0 Å². The zero-order chi connectivity index (χ0) is 19.0. The summed E-state index contributed by atoms with van der Waals surface area (Å²) < 4.78 is 0. The molecule has 138 valence electrons. The molecule has 0 saturated carbocycles. The molecule has 5 heteroatoms. The number of halogens is 1. The molecule has 0 aliphatic carbocycles. The highest BCUT2D eigenvalue weighted by molar-refractivity contribution is 6.30. The number of rotatable bonds is 3. The van der Waals surface area contributed by atoms with E-state index in [-0.39, 0.29) is 5.91 Å². The molecule has 1 aliphatic heterocycles. The maximum atomic E-state index is 13.0. The lowest BCUT2D eigenvalue weighted by molar-refractivity contribution is 0.0734. The van der Waals surface area contributed by atoms with Crippen molar-refractivity contribution in [1.29, 1.82) is 0 Å². The van der Waals surface area contributed by atoms with Crippen LogP contribution in [0.1, 0.15) is 46.9 Å². The molecule has 0 spiro atoms. The third-order valence-electron chi connectivity index (χ3n) is 5.14. The third kappa shape index (κ3) is 3.50. The number of hydrogen-bond donors (Lipinski definition) is 1. The summed E-state index contributed by atoms with van der Waals surface area (Å²) >= 11 is 6.14. The van der Waals surface area contributed by atoms with Gasteiger partial charge in [0.2, 0.25) is 0 Å². The molecule has 1 amide bonds. The predicted octanol–water partition coefficient (Wildman–Crippen LogP) is 5.05. The minimum absolute atomic E-state index is 0.0641. The van der Waals surface area contributed by atoms with Crippen LogP contribution in [0.5, 0.6) is 0 Å². The Bertz CT molecular complexity index is 975. The van der Waals surface area contributed by atoms with Crippen molar-refractivity contribution in [2.75, 3.05) is 6.54 Å². The Morgan fingerprint density at radius 2 is 1.96 bits per heavy atom. The lowest BCUT2D eigenvalue weighted by Crippen LogP contribution is -2.35. The van der Waals surface area contributed by atoms with E-state index < -0.39 is 0 Å². The van der Waals surface area contributed by atoms with E-state index in [4.69, 9.17) is 11.6 Å². The summed E-state index contributed by atoms with van der Waals surface area (Å²) in [5, 5.41) is 8.30. The van der Waals surface area contributed by atoms with Crippen LogP contribution in [-0.4, -0.2) is 27.5 Å². The van der Waals surface area contributed by atoms with Gasteiger partial charge in [0.05, 0.1) is 5.69 Å². The lowest BCUT2D eigenvalue weighted by Gasteiger charge is -2.27. The van der Waals surface area contributed by atoms with Gasteiger partial charge in [-0.05, 0) is 35.7 Å². The molecule has 2 aromatic carbocycles. The standard InChI is InChI=1S/C22H22ClN3O/c1-14(2)15-6-8-16(9-7-15)22(27)26-11-10-20-19(13-26)21(25-24-20)17-4-3-5-18(23)12-17/h3-9,12,14H,10-11,13H2,1-2H3,(H,24,25). The van der Waals surface area contributed by atoms with Gasteiger partial charge in [0.25, 0.3) is 5.91 Å². The molecule has 4 nitrogen and oxygen atoms in total. The Morgan fingerprint density at radius 1 is 1.19 bits per heavy atom. The van der Waals surface area contributed by atoms with Crippen LogP contribution in [0, 0.1) is 0 Å². The van der Waals surface area contributed by atoms with E-state index in [0.717, 1.165) is 34.5 Å². The summed E-state index contributed by atoms with van der Waals surface area (Å²) in [6.07, 6.45) is 0.777. The van der Waals surface area contributed by atoms with Crippen LogP contribution in [0.25, 0.3) is 11.3 Å². The van der Waals surface area contributed by atoms with Gasteiger partial charge in [0.1, 0.15) is 0 Å². The molecular formula is C22H22ClN3O. The number of aromatic nitrogens is 2. The van der Waals surface area contributed by atoms with E-state index in [1.165, 1.54) is 5.56 Å². The summed E-state index contributed by atoms with van der Waals surface area (Å²) in [6, 6.07) is 15.6. The number of aromatic amines is 1. The molecule has 0 bridgehead atoms. The van der Waals surface area contributed by atoms with Gasteiger partial charge in [-0.2, -0.15) is 5.10 Å². The van der Waals surface area contributed by atoms with E-state index in [0.29, 0.717) is 24.0 Å². The highest BCUT2D eigenvalue weighted by atomic mass is 35.5. The molecule has 2 heterocycles. The molecule has 0 saturated heterocycles. The normalized spacial score (nSPS) is 13.7. The van der Waals surface area contributed by atoms with Crippen LogP contribution in [0.3, 0.4) is 0 Å². The van der Waals surface area contributed by atoms with Crippen molar-refractivity contribution in [2.45, 2.75) is 32.7 Å². The van der Waals surface area contributed by atoms with Crippen LogP contribution >= 0.6 is 11.6 Å². The van der Waals surface area contributed by atoms with Gasteiger partial charge in [-0.25, -0.2) is 0 Å². The summed E-state index contributed by atoms with van der Waals surface area (Å²) in [5.74, 6) is 0.520. The number of H-pyrrole nitrogens is 1. The fourth-order valence-electron chi connectivity index (χ4n) is 3.54. The highest BCUT2D eigenvalue weighted by Crippen LogP contribution is 2.30. The predicted molar refractivity (Wildman–Crippen MR) is 108 cm³/mol. The van der Waals surface area contributed by atoms with E-state index in [2.05, 4.69) is 24.0 Å². The van der Waals surface area contributed by atoms with Gasteiger partial charge in [0.15, 0.2) is 0 Å². The van der Waals surface area contributed by atoms with E-state index in [1.807, 2.05) is 53.4 Å². The Hall–Kier alpha value is -2.59. The summed E-state index contributed by atoms with van der Waals surface area (Å²) in [5.41, 5.74) is 6.00. The Balaban J connectivity index is 1.59. The number of nitrogens with zero attached hydrogens (tertiary/aromatic N) is 2. The van der Waals surface area contributed by atoms with Gasteiger partial charge < -0.3 is 4.90 Å². The average molecular weight is 380 g/mol. The van der Waals surface area contributed by atoms with Crippen molar-refractivity contribution in [2.24, 2.45) is 0 Å². The van der Waals surface area contributed by atoms with Gasteiger partial charge in [-0.3, -0.25) is 9.89 Å². The molecule has 0 radical (unpaired) electrons. The van der Waals surface area contributed by atoms with E-state index in [1.54, 1.807) is 0 Å². The van der Waals surface area contributed by atoms with E-state index in [9.17, 15) is 4.79 Å². The second-order valence-corrected chi connectivity index (χ2v) is 7.73. The van der Waals surface area contributed by atoms with Gasteiger partial charge in [0, 0.05) is 46.9 Å². The van der Waals surface area contributed by atoms with Crippen molar-refractivity contribution in [1.82, 2.24) is 15.1 Å². The quantitative estimate of drug-likeness (QED) is 0.692. The number of fused-ring (bicyclic) bond motifs is 1. The summed E-state index contributed by atoms with van der Waals surface area (Å²) in [7, 11) is 0. The average Bonchev–Trinajstić information content (AvgIpc) is 3.10. The first kappa shape index (κ1) is 17.8. The van der Waals surface area contributed by atoms with Crippen LogP contribution in [0.15, 0.2) is 48.5 Å². The van der Waals surface area contributed by atoms with Crippen LogP contribution in [0.4, 0.5) is 0 Å². The van der Waals surface area contributed by atoms with Crippen LogP contribution < -0.4 is 0 Å². The fourth-order valence-corrected chi connectivity index (χ4v) is 3.73. The zero-order valence-corrected chi connectivity index (χ0v) is 16.3. The molecule has 0 fully saturated rings. The first-order valence-corrected chi connectivity index (χ1v) is 9.62. The number of benzene rings is 2. The maximum absolute atomic E-state index is 13.0.